The van der Waals surface area contributed by atoms with Crippen LogP contribution < -0.4 is 0 Å². The first kappa shape index (κ1) is 16.3. The van der Waals surface area contributed by atoms with Crippen LogP contribution in [-0.4, -0.2) is 11.5 Å². The zero-order chi connectivity index (χ0) is 10.5. The second-order valence-corrected chi connectivity index (χ2v) is 14.7. The van der Waals surface area contributed by atoms with E-state index in [0.717, 1.165) is 11.5 Å². The van der Waals surface area contributed by atoms with Gasteiger partial charge in [-0.15, -0.1) is 13.2 Å². The topological polar surface area (TPSA) is 0 Å². The van der Waals surface area contributed by atoms with Crippen LogP contribution in [0.2, 0.25) is 0 Å². The molecule has 0 saturated carbocycles. The summed E-state index contributed by atoms with van der Waals surface area (Å²) in [6, 6.07) is 0. The van der Waals surface area contributed by atoms with E-state index in [-0.39, 0.29) is 0 Å². The summed E-state index contributed by atoms with van der Waals surface area (Å²) in [5.41, 5.74) is 0. The van der Waals surface area contributed by atoms with Crippen molar-refractivity contribution in [1.82, 2.24) is 0 Å². The summed E-state index contributed by atoms with van der Waals surface area (Å²) < 4.78 is 0. The molecule has 0 aliphatic rings. The Bertz CT molecular complexity index is 122. The Kier molecular flexibility index (Phi) is 17.8. The normalized spacial score (nSPS) is 10.0. The monoisotopic (exact) mass is 338 g/mol. The van der Waals surface area contributed by atoms with Gasteiger partial charge in [0.2, 0.25) is 0 Å². The number of hydrogen-bond acceptors (Lipinski definition) is 8. The summed E-state index contributed by atoms with van der Waals surface area (Å²) in [6.45, 7) is 7.33. The molecule has 0 aromatic heterocycles. The van der Waals surface area contributed by atoms with Gasteiger partial charge in [0.1, 0.15) is 0 Å². The fourth-order valence-corrected chi connectivity index (χ4v) is 16.6. The smallest absolute Gasteiger partial charge is 0.0223 e. The molecule has 0 atom stereocenters. The standard InChI is InChI=1S/C6H10S8/c1-3-5-7-9-11-13-14-12-10-8-6-4-2/h3-4H,1-2,5-6H2. The third-order valence-electron chi connectivity index (χ3n) is 0.607. The van der Waals surface area contributed by atoms with Crippen LogP contribution >= 0.6 is 80.5 Å². The lowest BCUT2D eigenvalue weighted by molar-refractivity contribution is 1.84. The maximum atomic E-state index is 3.66. The fourth-order valence-electron chi connectivity index (χ4n) is 0.236. The van der Waals surface area contributed by atoms with Crippen LogP contribution in [0.5, 0.6) is 0 Å². The van der Waals surface area contributed by atoms with Gasteiger partial charge in [-0.1, -0.05) is 33.7 Å². The first-order valence-electron chi connectivity index (χ1n) is 3.38. The van der Waals surface area contributed by atoms with Gasteiger partial charge in [-0.05, 0) is 59.0 Å². The van der Waals surface area contributed by atoms with Crippen LogP contribution in [-0.2, 0) is 0 Å². The Labute approximate surface area is 116 Å². The highest BCUT2D eigenvalue weighted by atomic mass is 34.0. The van der Waals surface area contributed by atoms with Gasteiger partial charge in [0, 0.05) is 11.5 Å². The van der Waals surface area contributed by atoms with E-state index in [9.17, 15) is 0 Å². The summed E-state index contributed by atoms with van der Waals surface area (Å²) in [6.07, 6.45) is 3.85. The van der Waals surface area contributed by atoms with Crippen LogP contribution in [0, 0.1) is 0 Å². The van der Waals surface area contributed by atoms with Gasteiger partial charge in [-0.3, -0.25) is 0 Å². The molecule has 14 heavy (non-hydrogen) atoms. The SMILES string of the molecule is C=CCSSSSSSSSCC=C. The van der Waals surface area contributed by atoms with E-state index in [1.807, 2.05) is 33.7 Å². The molecule has 0 aromatic rings. The number of hydrogen-bond donors (Lipinski definition) is 0. The van der Waals surface area contributed by atoms with Gasteiger partial charge in [-0.2, -0.15) is 0 Å². The van der Waals surface area contributed by atoms with E-state index in [1.54, 1.807) is 59.0 Å². The Morgan fingerprint density at radius 3 is 1.36 bits per heavy atom. The maximum absolute atomic E-state index is 3.66. The van der Waals surface area contributed by atoms with Crippen molar-refractivity contribution in [1.29, 1.82) is 0 Å². The van der Waals surface area contributed by atoms with Crippen LogP contribution in [0.1, 0.15) is 0 Å². The lowest BCUT2D eigenvalue weighted by Gasteiger charge is -1.96. The van der Waals surface area contributed by atoms with Crippen LogP contribution in [0.15, 0.2) is 25.3 Å². The van der Waals surface area contributed by atoms with E-state index in [1.165, 1.54) is 0 Å². The zero-order valence-electron chi connectivity index (χ0n) is 7.25. The lowest BCUT2D eigenvalue weighted by atomic mass is 10.8. The molecule has 0 bridgehead atoms. The largest absolute Gasteiger partial charge is 0.102 e. The van der Waals surface area contributed by atoms with Crippen molar-refractivity contribution in [2.45, 2.75) is 0 Å². The summed E-state index contributed by atoms with van der Waals surface area (Å²) >= 11 is 0. The van der Waals surface area contributed by atoms with Crippen molar-refractivity contribution < 1.29 is 0 Å². The molecular formula is C6H10S8. The average Bonchev–Trinajstić information content (AvgIpc) is 2.21. The molecule has 0 aliphatic heterocycles. The second kappa shape index (κ2) is 15.3. The third kappa shape index (κ3) is 14.3. The van der Waals surface area contributed by atoms with E-state index >= 15 is 0 Å². The molecule has 0 spiro atoms. The van der Waals surface area contributed by atoms with Crippen LogP contribution in [0.25, 0.3) is 0 Å². The molecule has 0 saturated heterocycles. The second-order valence-electron chi connectivity index (χ2n) is 1.55. The highest BCUT2D eigenvalue weighted by molar-refractivity contribution is 9.48. The Morgan fingerprint density at radius 1 is 0.643 bits per heavy atom. The van der Waals surface area contributed by atoms with Crippen molar-refractivity contribution in [3.8, 4) is 0 Å². The molecule has 0 rings (SSSR count). The molecule has 0 N–H and O–H groups in total. The molecule has 0 fully saturated rings. The van der Waals surface area contributed by atoms with Gasteiger partial charge in [0.25, 0.3) is 0 Å². The first-order chi connectivity index (χ1) is 6.91. The van der Waals surface area contributed by atoms with Crippen molar-refractivity contribution in [3.63, 3.8) is 0 Å². The van der Waals surface area contributed by atoms with Gasteiger partial charge in [-0.25, -0.2) is 0 Å². The molecule has 8 heteroatoms. The van der Waals surface area contributed by atoms with E-state index in [4.69, 9.17) is 0 Å². The van der Waals surface area contributed by atoms with Gasteiger partial charge < -0.3 is 0 Å². The summed E-state index contributed by atoms with van der Waals surface area (Å²) in [7, 11) is 14.5. The Morgan fingerprint density at radius 2 is 1.00 bits per heavy atom. The minimum Gasteiger partial charge on any atom is -0.102 e. The fraction of sp³-hybridized carbons (Fsp3) is 0.333. The minimum atomic E-state index is 1.01. The maximum Gasteiger partial charge on any atom is 0.0223 e. The molecule has 82 valence electrons. The Balaban J connectivity index is 2.84. The van der Waals surface area contributed by atoms with E-state index < -0.39 is 0 Å². The predicted octanol–water partition coefficient (Wildman–Crippen LogP) is 6.63. The average molecular weight is 339 g/mol. The highest BCUT2D eigenvalue weighted by Crippen LogP contribution is 2.56. The minimum absolute atomic E-state index is 1.01. The zero-order valence-corrected chi connectivity index (χ0v) is 13.8. The lowest BCUT2D eigenvalue weighted by Crippen LogP contribution is -1.56. The summed E-state index contributed by atoms with van der Waals surface area (Å²) in [5.74, 6) is 2.03. The molecule has 0 nitrogen and oxygen atoms in total. The summed E-state index contributed by atoms with van der Waals surface area (Å²) in [5, 5.41) is 0. The van der Waals surface area contributed by atoms with Gasteiger partial charge in [0.05, 0.1) is 0 Å². The molecule has 0 heterocycles. The van der Waals surface area contributed by atoms with Crippen molar-refractivity contribution in [3.05, 3.63) is 25.3 Å². The van der Waals surface area contributed by atoms with E-state index in [0.29, 0.717) is 0 Å². The van der Waals surface area contributed by atoms with Crippen LogP contribution in [0.4, 0.5) is 0 Å². The molecule has 0 amide bonds. The molecular weight excluding hydrogens is 329 g/mol. The predicted molar refractivity (Wildman–Crippen MR) is 90.9 cm³/mol. The highest BCUT2D eigenvalue weighted by Gasteiger charge is 1.94. The number of rotatable bonds is 11. The van der Waals surface area contributed by atoms with Crippen molar-refractivity contribution in [2.75, 3.05) is 11.5 Å². The van der Waals surface area contributed by atoms with E-state index in [2.05, 4.69) is 13.2 Å². The quantitative estimate of drug-likeness (QED) is 0.231. The molecule has 0 aromatic carbocycles. The molecule has 0 radical (unpaired) electrons. The van der Waals surface area contributed by atoms with Crippen molar-refractivity contribution in [2.24, 2.45) is 0 Å². The Hall–Kier alpha value is 2.28. The third-order valence-corrected chi connectivity index (χ3v) is 15.8. The molecule has 0 unspecified atom stereocenters. The van der Waals surface area contributed by atoms with Gasteiger partial charge in [0.15, 0.2) is 0 Å². The van der Waals surface area contributed by atoms with Crippen molar-refractivity contribution >= 4 is 80.5 Å². The first-order valence-corrected chi connectivity index (χ1v) is 13.9. The van der Waals surface area contributed by atoms with Crippen LogP contribution in [0.3, 0.4) is 0 Å². The van der Waals surface area contributed by atoms with Gasteiger partial charge >= 0.3 is 0 Å². The molecule has 0 aliphatic carbocycles. The summed E-state index contributed by atoms with van der Waals surface area (Å²) in [4.78, 5) is 0.